The first-order chi connectivity index (χ1) is 11.2. The van der Waals surface area contributed by atoms with Gasteiger partial charge in [-0.15, -0.1) is 0 Å². The summed E-state index contributed by atoms with van der Waals surface area (Å²) in [5, 5.41) is 0. The Bertz CT molecular complexity index is 554. The molecule has 0 aromatic rings. The van der Waals surface area contributed by atoms with Crippen molar-refractivity contribution in [2.75, 3.05) is 6.61 Å². The van der Waals surface area contributed by atoms with Crippen LogP contribution in [0.15, 0.2) is 12.2 Å². The SMILES string of the molecule is C=C(C)C(=O)OC1C2CC3CC(C2)C(C(=O)OCC(C)(F)F)C1C3. The third-order valence-electron chi connectivity index (χ3n) is 5.67. The number of halogens is 2. The molecule has 0 aromatic heterocycles. The van der Waals surface area contributed by atoms with Crippen molar-refractivity contribution in [3.8, 4) is 0 Å². The van der Waals surface area contributed by atoms with E-state index in [1.54, 1.807) is 6.92 Å². The van der Waals surface area contributed by atoms with Crippen molar-refractivity contribution in [3.05, 3.63) is 12.2 Å². The Balaban J connectivity index is 1.74. The highest BCUT2D eigenvalue weighted by molar-refractivity contribution is 5.87. The Labute approximate surface area is 140 Å². The molecular weight excluding hydrogens is 318 g/mol. The minimum atomic E-state index is -3.03. The molecule has 4 nitrogen and oxygen atoms in total. The molecule has 0 amide bonds. The highest BCUT2D eigenvalue weighted by Crippen LogP contribution is 2.57. The van der Waals surface area contributed by atoms with Crippen molar-refractivity contribution in [3.63, 3.8) is 0 Å². The maximum Gasteiger partial charge on any atom is 0.333 e. The molecule has 4 aliphatic rings. The standard InChI is InChI=1S/C18H24F2O4/c1-9(2)16(21)24-15-12-5-10-4-11(7-12)14(13(15)6-10)17(22)23-8-18(3,19)20/h10-15H,1,4-8H2,2-3H3. The van der Waals surface area contributed by atoms with Crippen LogP contribution >= 0.6 is 0 Å². The van der Waals surface area contributed by atoms with Crippen molar-refractivity contribution < 1.29 is 27.8 Å². The van der Waals surface area contributed by atoms with Crippen molar-refractivity contribution in [1.29, 1.82) is 0 Å². The third kappa shape index (κ3) is 3.33. The summed E-state index contributed by atoms with van der Waals surface area (Å²) in [5.74, 6) is -3.66. The summed E-state index contributed by atoms with van der Waals surface area (Å²) in [5.41, 5.74) is 0.327. The molecular formula is C18H24F2O4. The third-order valence-corrected chi connectivity index (χ3v) is 5.67. The molecule has 0 N–H and O–H groups in total. The van der Waals surface area contributed by atoms with Gasteiger partial charge in [0.25, 0.3) is 5.92 Å². The van der Waals surface area contributed by atoms with E-state index < -0.39 is 30.4 Å². The van der Waals surface area contributed by atoms with E-state index in [-0.39, 0.29) is 23.9 Å². The average Bonchev–Trinajstić information content (AvgIpc) is 2.47. The van der Waals surface area contributed by atoms with Gasteiger partial charge in [-0.25, -0.2) is 13.6 Å². The summed E-state index contributed by atoms with van der Waals surface area (Å²) in [4.78, 5) is 24.4. The fourth-order valence-corrected chi connectivity index (χ4v) is 4.93. The van der Waals surface area contributed by atoms with E-state index in [0.29, 0.717) is 11.5 Å². The minimum Gasteiger partial charge on any atom is -0.459 e. The minimum absolute atomic E-state index is 0.123. The van der Waals surface area contributed by atoms with Crippen molar-refractivity contribution >= 4 is 11.9 Å². The molecule has 24 heavy (non-hydrogen) atoms. The lowest BCUT2D eigenvalue weighted by molar-refractivity contribution is -0.194. The zero-order valence-corrected chi connectivity index (χ0v) is 14.1. The number of alkyl halides is 2. The number of ether oxygens (including phenoxy) is 2. The second-order valence-electron chi connectivity index (χ2n) is 7.85. The van der Waals surface area contributed by atoms with Crippen LogP contribution in [-0.4, -0.2) is 30.6 Å². The van der Waals surface area contributed by atoms with Crippen LogP contribution < -0.4 is 0 Å². The van der Waals surface area contributed by atoms with Gasteiger partial charge in [0.1, 0.15) is 6.10 Å². The molecule has 4 fully saturated rings. The van der Waals surface area contributed by atoms with E-state index in [4.69, 9.17) is 9.47 Å². The van der Waals surface area contributed by atoms with Gasteiger partial charge in [0.2, 0.25) is 0 Å². The van der Waals surface area contributed by atoms with Crippen molar-refractivity contribution in [2.24, 2.45) is 29.6 Å². The summed E-state index contributed by atoms with van der Waals surface area (Å²) >= 11 is 0. The normalized spacial score (nSPS) is 37.2. The first-order valence-electron chi connectivity index (χ1n) is 8.56. The quantitative estimate of drug-likeness (QED) is 0.568. The van der Waals surface area contributed by atoms with Crippen LogP contribution in [0.2, 0.25) is 0 Å². The van der Waals surface area contributed by atoms with Crippen LogP contribution in [0.5, 0.6) is 0 Å². The summed E-state index contributed by atoms with van der Waals surface area (Å²) in [6, 6.07) is 0. The second-order valence-corrected chi connectivity index (χ2v) is 7.85. The Kier molecular flexibility index (Phi) is 4.43. The second kappa shape index (κ2) is 6.12. The van der Waals surface area contributed by atoms with Crippen molar-refractivity contribution in [2.45, 2.75) is 51.6 Å². The number of carbonyl (C=O) groups excluding carboxylic acids is 2. The monoisotopic (exact) mass is 342 g/mol. The summed E-state index contributed by atoms with van der Waals surface area (Å²) in [6.07, 6.45) is 3.21. The lowest BCUT2D eigenvalue weighted by Crippen LogP contribution is -2.57. The number of carbonyl (C=O) groups is 2. The molecule has 0 aliphatic heterocycles. The molecule has 6 atom stereocenters. The lowest BCUT2D eigenvalue weighted by Gasteiger charge is -2.56. The predicted molar refractivity (Wildman–Crippen MR) is 82.2 cm³/mol. The average molecular weight is 342 g/mol. The van der Waals surface area contributed by atoms with E-state index in [0.717, 1.165) is 32.6 Å². The highest BCUT2D eigenvalue weighted by Gasteiger charge is 2.57. The van der Waals surface area contributed by atoms with Crippen LogP contribution in [0.3, 0.4) is 0 Å². The molecule has 134 valence electrons. The smallest absolute Gasteiger partial charge is 0.333 e. The molecule has 0 aromatic carbocycles. The topological polar surface area (TPSA) is 52.6 Å². The molecule has 4 rings (SSSR count). The van der Waals surface area contributed by atoms with Gasteiger partial charge >= 0.3 is 11.9 Å². The Hall–Kier alpha value is -1.46. The molecule has 6 unspecified atom stereocenters. The van der Waals surface area contributed by atoms with Crippen LogP contribution in [0.4, 0.5) is 8.78 Å². The molecule has 4 bridgehead atoms. The van der Waals surface area contributed by atoms with E-state index in [1.807, 2.05) is 0 Å². The van der Waals surface area contributed by atoms with E-state index >= 15 is 0 Å². The summed E-state index contributed by atoms with van der Waals surface area (Å²) in [6.45, 7) is 5.02. The van der Waals surface area contributed by atoms with Gasteiger partial charge in [0.05, 0.1) is 5.92 Å². The molecule has 4 saturated carbocycles. The fraction of sp³-hybridized carbons (Fsp3) is 0.778. The number of hydrogen-bond donors (Lipinski definition) is 0. The van der Waals surface area contributed by atoms with E-state index in [2.05, 4.69) is 6.58 Å². The number of esters is 2. The van der Waals surface area contributed by atoms with Gasteiger partial charge in [-0.2, -0.15) is 0 Å². The van der Waals surface area contributed by atoms with Crippen LogP contribution in [0.25, 0.3) is 0 Å². The zero-order chi connectivity index (χ0) is 17.6. The van der Waals surface area contributed by atoms with Gasteiger partial charge in [0.15, 0.2) is 6.61 Å². The van der Waals surface area contributed by atoms with Gasteiger partial charge < -0.3 is 9.47 Å². The molecule has 0 radical (unpaired) electrons. The summed E-state index contributed by atoms with van der Waals surface area (Å²) in [7, 11) is 0. The van der Waals surface area contributed by atoms with Gasteiger partial charge in [0, 0.05) is 18.4 Å². The largest absolute Gasteiger partial charge is 0.459 e. The maximum absolute atomic E-state index is 13.0. The van der Waals surface area contributed by atoms with E-state index in [9.17, 15) is 18.4 Å². The predicted octanol–water partition coefficient (Wildman–Crippen LogP) is 3.35. The first kappa shape index (κ1) is 17.4. The molecule has 6 heteroatoms. The fourth-order valence-electron chi connectivity index (χ4n) is 4.93. The van der Waals surface area contributed by atoms with Crippen LogP contribution in [0.1, 0.15) is 39.5 Å². The number of hydrogen-bond acceptors (Lipinski definition) is 4. The number of rotatable bonds is 5. The van der Waals surface area contributed by atoms with Crippen molar-refractivity contribution in [1.82, 2.24) is 0 Å². The zero-order valence-electron chi connectivity index (χ0n) is 14.1. The summed E-state index contributed by atoms with van der Waals surface area (Å²) < 4.78 is 36.5. The Morgan fingerprint density at radius 3 is 2.46 bits per heavy atom. The molecule has 0 saturated heterocycles. The molecule has 0 heterocycles. The van der Waals surface area contributed by atoms with Crippen LogP contribution in [-0.2, 0) is 19.1 Å². The van der Waals surface area contributed by atoms with Gasteiger partial charge in [-0.1, -0.05) is 6.58 Å². The van der Waals surface area contributed by atoms with Crippen LogP contribution in [0, 0.1) is 29.6 Å². The van der Waals surface area contributed by atoms with Gasteiger partial charge in [-0.05, 0) is 50.4 Å². The Morgan fingerprint density at radius 1 is 1.17 bits per heavy atom. The Morgan fingerprint density at radius 2 is 1.83 bits per heavy atom. The molecule has 0 spiro atoms. The first-order valence-corrected chi connectivity index (χ1v) is 8.56. The lowest BCUT2D eigenvalue weighted by atomic mass is 9.50. The molecule has 4 aliphatic carbocycles. The van der Waals surface area contributed by atoms with E-state index in [1.165, 1.54) is 0 Å². The highest BCUT2D eigenvalue weighted by atomic mass is 19.3. The maximum atomic E-state index is 13.0. The van der Waals surface area contributed by atoms with Gasteiger partial charge in [-0.3, -0.25) is 4.79 Å².